The van der Waals surface area contributed by atoms with E-state index in [0.29, 0.717) is 18.7 Å². The highest BCUT2D eigenvalue weighted by atomic mass is 19.2. The molecule has 2 rings (SSSR count). The van der Waals surface area contributed by atoms with E-state index in [2.05, 4.69) is 19.2 Å². The summed E-state index contributed by atoms with van der Waals surface area (Å²) in [6.45, 7) is 5.29. The molecule has 1 heterocycles. The van der Waals surface area contributed by atoms with Crippen LogP contribution in [0.4, 0.5) is 8.78 Å². The maximum Gasteiger partial charge on any atom is 0.164 e. The third-order valence-electron chi connectivity index (χ3n) is 3.80. The second-order valence-corrected chi connectivity index (χ2v) is 5.05. The minimum absolute atomic E-state index is 0.0125. The maximum absolute atomic E-state index is 13.7. The molecule has 1 N–H and O–H groups in total. The Bertz CT molecular complexity index is 424. The lowest BCUT2D eigenvalue weighted by Crippen LogP contribution is -2.42. The van der Waals surface area contributed by atoms with Crippen molar-refractivity contribution in [1.82, 2.24) is 5.32 Å². The SMILES string of the molecule is CCC1(C)CCOC(c2cccc(F)c2F)CN1. The van der Waals surface area contributed by atoms with Gasteiger partial charge in [0.05, 0.1) is 6.10 Å². The van der Waals surface area contributed by atoms with Crippen molar-refractivity contribution in [2.45, 2.75) is 38.3 Å². The molecule has 1 saturated heterocycles. The summed E-state index contributed by atoms with van der Waals surface area (Å²) < 4.78 is 32.6. The normalized spacial score (nSPS) is 29.0. The molecule has 1 aromatic carbocycles. The Morgan fingerprint density at radius 2 is 2.22 bits per heavy atom. The Hall–Kier alpha value is -1.00. The fourth-order valence-electron chi connectivity index (χ4n) is 2.18. The van der Waals surface area contributed by atoms with Gasteiger partial charge in [-0.25, -0.2) is 8.78 Å². The van der Waals surface area contributed by atoms with Crippen molar-refractivity contribution in [3.63, 3.8) is 0 Å². The number of rotatable bonds is 2. The summed E-state index contributed by atoms with van der Waals surface area (Å²) in [6.07, 6.45) is 1.43. The molecule has 2 atom stereocenters. The van der Waals surface area contributed by atoms with Crippen molar-refractivity contribution in [1.29, 1.82) is 0 Å². The first-order valence-electron chi connectivity index (χ1n) is 6.36. The standard InChI is InChI=1S/C14H19F2NO/c1-3-14(2)7-8-18-12(9-17-14)10-5-4-6-11(15)13(10)16/h4-6,12,17H,3,7-9H2,1-2H3. The highest BCUT2D eigenvalue weighted by Gasteiger charge is 2.29. The van der Waals surface area contributed by atoms with Gasteiger partial charge in [0.2, 0.25) is 0 Å². The summed E-state index contributed by atoms with van der Waals surface area (Å²) >= 11 is 0. The molecule has 0 aliphatic carbocycles. The monoisotopic (exact) mass is 255 g/mol. The molecule has 0 bridgehead atoms. The van der Waals surface area contributed by atoms with Crippen molar-refractivity contribution in [3.05, 3.63) is 35.4 Å². The van der Waals surface area contributed by atoms with E-state index >= 15 is 0 Å². The van der Waals surface area contributed by atoms with Gasteiger partial charge in [0.25, 0.3) is 0 Å². The van der Waals surface area contributed by atoms with Crippen molar-refractivity contribution in [2.24, 2.45) is 0 Å². The van der Waals surface area contributed by atoms with Gasteiger partial charge in [-0.05, 0) is 25.8 Å². The average Bonchev–Trinajstić information content (AvgIpc) is 2.56. The summed E-state index contributed by atoms with van der Waals surface area (Å²) in [4.78, 5) is 0. The van der Waals surface area contributed by atoms with E-state index in [0.717, 1.165) is 18.9 Å². The number of benzene rings is 1. The lowest BCUT2D eigenvalue weighted by molar-refractivity contribution is 0.0624. The van der Waals surface area contributed by atoms with Crippen LogP contribution < -0.4 is 5.32 Å². The van der Waals surface area contributed by atoms with Crippen LogP contribution in [0.1, 0.15) is 38.4 Å². The lowest BCUT2D eigenvalue weighted by atomic mass is 9.95. The molecule has 2 unspecified atom stereocenters. The van der Waals surface area contributed by atoms with Gasteiger partial charge in [-0.15, -0.1) is 0 Å². The Balaban J connectivity index is 2.17. The molecule has 0 amide bonds. The van der Waals surface area contributed by atoms with Crippen LogP contribution in [0.15, 0.2) is 18.2 Å². The van der Waals surface area contributed by atoms with Gasteiger partial charge < -0.3 is 10.1 Å². The highest BCUT2D eigenvalue weighted by molar-refractivity contribution is 5.22. The Morgan fingerprint density at radius 1 is 1.44 bits per heavy atom. The van der Waals surface area contributed by atoms with Crippen LogP contribution in [0.3, 0.4) is 0 Å². The average molecular weight is 255 g/mol. The van der Waals surface area contributed by atoms with E-state index in [9.17, 15) is 8.78 Å². The van der Waals surface area contributed by atoms with E-state index < -0.39 is 17.7 Å². The molecule has 0 spiro atoms. The van der Waals surface area contributed by atoms with Crippen LogP contribution in [-0.4, -0.2) is 18.7 Å². The molecular formula is C14H19F2NO. The first-order valence-corrected chi connectivity index (χ1v) is 6.36. The highest BCUT2D eigenvalue weighted by Crippen LogP contribution is 2.27. The fourth-order valence-corrected chi connectivity index (χ4v) is 2.18. The number of hydrogen-bond acceptors (Lipinski definition) is 2. The minimum Gasteiger partial charge on any atom is -0.372 e. The molecule has 2 nitrogen and oxygen atoms in total. The number of ether oxygens (including phenoxy) is 1. The van der Waals surface area contributed by atoms with Crippen LogP contribution in [0, 0.1) is 11.6 Å². The fraction of sp³-hybridized carbons (Fsp3) is 0.571. The van der Waals surface area contributed by atoms with Crippen molar-refractivity contribution in [2.75, 3.05) is 13.2 Å². The topological polar surface area (TPSA) is 21.3 Å². The number of hydrogen-bond donors (Lipinski definition) is 1. The van der Waals surface area contributed by atoms with Crippen molar-refractivity contribution in [3.8, 4) is 0 Å². The van der Waals surface area contributed by atoms with Gasteiger partial charge >= 0.3 is 0 Å². The lowest BCUT2D eigenvalue weighted by Gasteiger charge is -2.27. The first-order chi connectivity index (χ1) is 8.56. The van der Waals surface area contributed by atoms with Crippen LogP contribution in [0.5, 0.6) is 0 Å². The molecule has 1 fully saturated rings. The smallest absolute Gasteiger partial charge is 0.164 e. The summed E-state index contributed by atoms with van der Waals surface area (Å²) in [6, 6.07) is 4.22. The van der Waals surface area contributed by atoms with Crippen LogP contribution >= 0.6 is 0 Å². The summed E-state index contributed by atoms with van der Waals surface area (Å²) in [5, 5.41) is 3.39. The van der Waals surface area contributed by atoms with Gasteiger partial charge in [0.1, 0.15) is 0 Å². The second kappa shape index (κ2) is 5.33. The molecule has 1 aliphatic rings. The zero-order chi connectivity index (χ0) is 13.2. The molecule has 18 heavy (non-hydrogen) atoms. The van der Waals surface area contributed by atoms with Gasteiger partial charge in [0.15, 0.2) is 11.6 Å². The van der Waals surface area contributed by atoms with Crippen LogP contribution in [0.25, 0.3) is 0 Å². The quantitative estimate of drug-likeness (QED) is 0.876. The van der Waals surface area contributed by atoms with Gasteiger partial charge in [0, 0.05) is 24.3 Å². The zero-order valence-corrected chi connectivity index (χ0v) is 10.8. The molecule has 0 radical (unpaired) electrons. The van der Waals surface area contributed by atoms with E-state index in [-0.39, 0.29) is 5.54 Å². The number of halogens is 2. The van der Waals surface area contributed by atoms with Gasteiger partial charge in [-0.3, -0.25) is 0 Å². The number of nitrogens with one attached hydrogen (secondary N) is 1. The largest absolute Gasteiger partial charge is 0.372 e. The molecule has 100 valence electrons. The van der Waals surface area contributed by atoms with Crippen molar-refractivity contribution >= 4 is 0 Å². The van der Waals surface area contributed by atoms with Gasteiger partial charge in [-0.2, -0.15) is 0 Å². The van der Waals surface area contributed by atoms with E-state index in [1.54, 1.807) is 6.07 Å². The zero-order valence-electron chi connectivity index (χ0n) is 10.8. The molecule has 4 heteroatoms. The third kappa shape index (κ3) is 2.70. The van der Waals surface area contributed by atoms with Crippen molar-refractivity contribution < 1.29 is 13.5 Å². The molecule has 0 aromatic heterocycles. The van der Waals surface area contributed by atoms with E-state index in [1.165, 1.54) is 6.07 Å². The van der Waals surface area contributed by atoms with Crippen LogP contribution in [0.2, 0.25) is 0 Å². The molecule has 1 aliphatic heterocycles. The first kappa shape index (κ1) is 13.4. The third-order valence-corrected chi connectivity index (χ3v) is 3.80. The Labute approximate surface area is 106 Å². The molecular weight excluding hydrogens is 236 g/mol. The molecule has 0 saturated carbocycles. The summed E-state index contributed by atoms with van der Waals surface area (Å²) in [7, 11) is 0. The molecule has 1 aromatic rings. The Morgan fingerprint density at radius 3 is 2.94 bits per heavy atom. The van der Waals surface area contributed by atoms with E-state index in [4.69, 9.17) is 4.74 Å². The predicted octanol–water partition coefficient (Wildman–Crippen LogP) is 3.18. The van der Waals surface area contributed by atoms with E-state index in [1.807, 2.05) is 0 Å². The van der Waals surface area contributed by atoms with Crippen LogP contribution in [-0.2, 0) is 4.74 Å². The maximum atomic E-state index is 13.7. The minimum atomic E-state index is -0.821. The Kier molecular flexibility index (Phi) is 3.97. The van der Waals surface area contributed by atoms with Gasteiger partial charge in [-0.1, -0.05) is 19.1 Å². The summed E-state index contributed by atoms with van der Waals surface area (Å²) in [5.41, 5.74) is 0.307. The summed E-state index contributed by atoms with van der Waals surface area (Å²) in [5.74, 6) is -1.62. The predicted molar refractivity (Wildman–Crippen MR) is 66.4 cm³/mol. The second-order valence-electron chi connectivity index (χ2n) is 5.05.